The normalized spacial score (nSPS) is 19.7. The van der Waals surface area contributed by atoms with E-state index in [-0.39, 0.29) is 13.2 Å². The van der Waals surface area contributed by atoms with E-state index in [0.717, 1.165) is 19.3 Å². The zero-order valence-electron chi connectivity index (χ0n) is 13.5. The van der Waals surface area contributed by atoms with Crippen molar-refractivity contribution in [2.45, 2.75) is 37.6 Å². The van der Waals surface area contributed by atoms with Gasteiger partial charge < -0.3 is 9.64 Å². The molecule has 0 atom stereocenters. The number of halogens is 2. The van der Waals surface area contributed by atoms with Gasteiger partial charge in [-0.2, -0.15) is 0 Å². The minimum atomic E-state index is -0.966. The Kier molecular flexibility index (Phi) is 5.08. The fraction of sp³-hybridized carbons (Fsp3) is 0.471. The summed E-state index contributed by atoms with van der Waals surface area (Å²) in [5.41, 5.74) is -0.966. The average molecular weight is 413 g/mol. The number of imide groups is 1. The van der Waals surface area contributed by atoms with Crippen LogP contribution in [0.1, 0.15) is 32.1 Å². The molecule has 8 heteroatoms. The van der Waals surface area contributed by atoms with Crippen LogP contribution in [-0.2, 0) is 14.4 Å². The quantitative estimate of drug-likeness (QED) is 0.771. The summed E-state index contributed by atoms with van der Waals surface area (Å²) in [6, 6.07) is 3.88. The number of nitrogens with zero attached hydrogens (tertiary/aromatic N) is 1. The third-order valence-corrected chi connectivity index (χ3v) is 5.34. The van der Waals surface area contributed by atoms with Crippen LogP contribution in [0.2, 0.25) is 0 Å². The summed E-state index contributed by atoms with van der Waals surface area (Å²) in [6.07, 6.45) is 3.74. The molecule has 3 rings (SSSR count). The lowest BCUT2D eigenvalue weighted by molar-refractivity contribution is -0.161. The molecule has 2 aliphatic rings. The number of ether oxygens (including phenoxy) is 1. The predicted molar refractivity (Wildman–Crippen MR) is 90.3 cm³/mol. The first-order valence-corrected chi connectivity index (χ1v) is 8.94. The van der Waals surface area contributed by atoms with Gasteiger partial charge in [-0.1, -0.05) is 19.3 Å². The van der Waals surface area contributed by atoms with Crippen molar-refractivity contribution in [3.05, 3.63) is 28.5 Å². The molecule has 6 nitrogen and oxygen atoms in total. The van der Waals surface area contributed by atoms with Crippen LogP contribution in [0, 0.1) is 5.82 Å². The first-order chi connectivity index (χ1) is 11.9. The molecular weight excluding hydrogens is 395 g/mol. The van der Waals surface area contributed by atoms with Crippen molar-refractivity contribution in [3.8, 4) is 5.75 Å². The smallest absolute Gasteiger partial charge is 0.261 e. The fourth-order valence-electron chi connectivity index (χ4n) is 3.47. The number of hydrogen-bond donors (Lipinski definition) is 1. The lowest BCUT2D eigenvalue weighted by atomic mass is 9.78. The van der Waals surface area contributed by atoms with Crippen molar-refractivity contribution in [2.75, 3.05) is 13.2 Å². The number of hydrogen-bond acceptors (Lipinski definition) is 4. The van der Waals surface area contributed by atoms with Crippen LogP contribution in [0.15, 0.2) is 22.7 Å². The first-order valence-electron chi connectivity index (χ1n) is 8.15. The highest BCUT2D eigenvalue weighted by atomic mass is 79.9. The number of piperazine rings is 1. The summed E-state index contributed by atoms with van der Waals surface area (Å²) in [7, 11) is 0. The summed E-state index contributed by atoms with van der Waals surface area (Å²) in [5.74, 6) is -1.43. The van der Waals surface area contributed by atoms with E-state index in [1.807, 2.05) is 0 Å². The van der Waals surface area contributed by atoms with Gasteiger partial charge >= 0.3 is 0 Å². The highest BCUT2D eigenvalue weighted by Gasteiger charge is 2.50. The van der Waals surface area contributed by atoms with E-state index in [9.17, 15) is 18.8 Å². The van der Waals surface area contributed by atoms with Crippen LogP contribution >= 0.6 is 15.9 Å². The molecule has 0 unspecified atom stereocenters. The van der Waals surface area contributed by atoms with E-state index in [1.54, 1.807) is 0 Å². The largest absolute Gasteiger partial charge is 0.483 e. The topological polar surface area (TPSA) is 75.7 Å². The Morgan fingerprint density at radius 1 is 1.28 bits per heavy atom. The van der Waals surface area contributed by atoms with Gasteiger partial charge in [0.15, 0.2) is 6.61 Å². The Bertz CT molecular complexity index is 719. The van der Waals surface area contributed by atoms with E-state index in [4.69, 9.17) is 4.74 Å². The lowest BCUT2D eigenvalue weighted by Crippen LogP contribution is -2.69. The molecule has 2 fully saturated rings. The average Bonchev–Trinajstić information content (AvgIpc) is 2.58. The molecule has 1 saturated heterocycles. The zero-order valence-corrected chi connectivity index (χ0v) is 15.1. The molecule has 1 spiro atoms. The van der Waals surface area contributed by atoms with E-state index in [0.29, 0.717) is 23.1 Å². The van der Waals surface area contributed by atoms with Gasteiger partial charge in [-0.25, -0.2) is 4.39 Å². The monoisotopic (exact) mass is 412 g/mol. The SMILES string of the molecule is O=C1CN(C(=O)COc2ccc(F)cc2Br)C2(CCCCC2)C(=O)N1. The van der Waals surface area contributed by atoms with Gasteiger partial charge in [0.2, 0.25) is 5.91 Å². The molecular formula is C17H18BrFN2O4. The van der Waals surface area contributed by atoms with Gasteiger partial charge in [0.1, 0.15) is 23.7 Å². The van der Waals surface area contributed by atoms with Crippen LogP contribution in [0.4, 0.5) is 4.39 Å². The molecule has 1 aliphatic carbocycles. The van der Waals surface area contributed by atoms with Crippen LogP contribution in [0.5, 0.6) is 5.75 Å². The molecule has 25 heavy (non-hydrogen) atoms. The molecule has 1 aromatic carbocycles. The summed E-state index contributed by atoms with van der Waals surface area (Å²) in [6.45, 7) is -0.481. The molecule has 1 aromatic rings. The van der Waals surface area contributed by atoms with Crippen molar-refractivity contribution >= 4 is 33.7 Å². The van der Waals surface area contributed by atoms with Crippen molar-refractivity contribution in [1.29, 1.82) is 0 Å². The Morgan fingerprint density at radius 2 is 2.00 bits per heavy atom. The predicted octanol–water partition coefficient (Wildman–Crippen LogP) is 2.15. The Labute approximate surface area is 152 Å². The molecule has 0 bridgehead atoms. The molecule has 1 aliphatic heterocycles. The number of amides is 3. The van der Waals surface area contributed by atoms with Gasteiger partial charge in [-0.05, 0) is 47.0 Å². The Hall–Kier alpha value is -1.96. The highest BCUT2D eigenvalue weighted by molar-refractivity contribution is 9.10. The van der Waals surface area contributed by atoms with Crippen molar-refractivity contribution in [1.82, 2.24) is 10.2 Å². The standard InChI is InChI=1S/C17H18BrFN2O4/c18-12-8-11(19)4-5-13(12)25-10-15(23)21-9-14(22)20-16(24)17(21)6-2-1-3-7-17/h4-5,8H,1-3,6-7,9-10H2,(H,20,22,24). The van der Waals surface area contributed by atoms with E-state index in [2.05, 4.69) is 21.2 Å². The highest BCUT2D eigenvalue weighted by Crippen LogP contribution is 2.36. The molecule has 3 amide bonds. The number of carbonyl (C=O) groups excluding carboxylic acids is 3. The number of benzene rings is 1. The molecule has 134 valence electrons. The van der Waals surface area contributed by atoms with Crippen LogP contribution in [-0.4, -0.2) is 41.3 Å². The van der Waals surface area contributed by atoms with E-state index < -0.39 is 29.1 Å². The fourth-order valence-corrected chi connectivity index (χ4v) is 3.94. The van der Waals surface area contributed by atoms with Crippen LogP contribution in [0.3, 0.4) is 0 Å². The Morgan fingerprint density at radius 3 is 2.68 bits per heavy atom. The maximum Gasteiger partial charge on any atom is 0.261 e. The number of rotatable bonds is 3. The summed E-state index contributed by atoms with van der Waals surface area (Å²) in [4.78, 5) is 38.3. The zero-order chi connectivity index (χ0) is 18.0. The van der Waals surface area contributed by atoms with E-state index >= 15 is 0 Å². The molecule has 0 aromatic heterocycles. The molecule has 1 heterocycles. The minimum absolute atomic E-state index is 0.154. The van der Waals surface area contributed by atoms with Crippen molar-refractivity contribution < 1.29 is 23.5 Å². The molecule has 1 N–H and O–H groups in total. The molecule has 1 saturated carbocycles. The van der Waals surface area contributed by atoms with Crippen molar-refractivity contribution in [2.24, 2.45) is 0 Å². The van der Waals surface area contributed by atoms with Gasteiger partial charge in [0.25, 0.3) is 11.8 Å². The van der Waals surface area contributed by atoms with Gasteiger partial charge in [-0.15, -0.1) is 0 Å². The lowest BCUT2D eigenvalue weighted by Gasteiger charge is -2.47. The Balaban J connectivity index is 1.76. The maximum absolute atomic E-state index is 13.1. The second-order valence-electron chi connectivity index (χ2n) is 6.31. The third kappa shape index (κ3) is 3.53. The number of nitrogens with one attached hydrogen (secondary N) is 1. The molecule has 0 radical (unpaired) electrons. The summed E-state index contributed by atoms with van der Waals surface area (Å²) in [5, 5.41) is 2.35. The summed E-state index contributed by atoms with van der Waals surface area (Å²) < 4.78 is 19.0. The third-order valence-electron chi connectivity index (χ3n) is 4.72. The number of carbonyl (C=O) groups is 3. The van der Waals surface area contributed by atoms with Gasteiger partial charge in [0.05, 0.1) is 4.47 Å². The van der Waals surface area contributed by atoms with Crippen LogP contribution in [0.25, 0.3) is 0 Å². The first kappa shape index (κ1) is 17.8. The maximum atomic E-state index is 13.1. The minimum Gasteiger partial charge on any atom is -0.483 e. The second-order valence-corrected chi connectivity index (χ2v) is 7.17. The second kappa shape index (κ2) is 7.11. The van der Waals surface area contributed by atoms with Gasteiger partial charge in [0, 0.05) is 0 Å². The van der Waals surface area contributed by atoms with E-state index in [1.165, 1.54) is 23.1 Å². The van der Waals surface area contributed by atoms with Crippen LogP contribution < -0.4 is 10.1 Å². The van der Waals surface area contributed by atoms with Crippen molar-refractivity contribution in [3.63, 3.8) is 0 Å². The van der Waals surface area contributed by atoms with Gasteiger partial charge in [-0.3, -0.25) is 19.7 Å². The summed E-state index contributed by atoms with van der Waals surface area (Å²) >= 11 is 3.17.